The van der Waals surface area contributed by atoms with E-state index in [0.717, 1.165) is 22.2 Å². The molecule has 0 saturated heterocycles. The summed E-state index contributed by atoms with van der Waals surface area (Å²) in [4.78, 5) is 16.5. The Morgan fingerprint density at radius 2 is 2.16 bits per heavy atom. The summed E-state index contributed by atoms with van der Waals surface area (Å²) < 4.78 is 0. The lowest BCUT2D eigenvalue weighted by molar-refractivity contribution is -0.120. The standard InChI is InChI=1S/C15H19N3O/c1-4-15(3,16)14(19)18-12-8-7-10(2)13-11(12)6-5-9-17-13/h5-9H,4,16H2,1-3H3,(H,18,19). The first-order valence-corrected chi connectivity index (χ1v) is 6.40. The van der Waals surface area contributed by atoms with Crippen LogP contribution in [0, 0.1) is 6.92 Å². The van der Waals surface area contributed by atoms with E-state index in [2.05, 4.69) is 10.3 Å². The smallest absolute Gasteiger partial charge is 0.244 e. The van der Waals surface area contributed by atoms with Crippen LogP contribution in [0.25, 0.3) is 10.9 Å². The minimum Gasteiger partial charge on any atom is -0.324 e. The van der Waals surface area contributed by atoms with Crippen molar-refractivity contribution in [2.75, 3.05) is 5.32 Å². The van der Waals surface area contributed by atoms with Gasteiger partial charge in [0, 0.05) is 11.6 Å². The summed E-state index contributed by atoms with van der Waals surface area (Å²) in [5.74, 6) is -0.177. The van der Waals surface area contributed by atoms with Crippen molar-refractivity contribution in [1.82, 2.24) is 4.98 Å². The summed E-state index contributed by atoms with van der Waals surface area (Å²) in [6, 6.07) is 7.65. The van der Waals surface area contributed by atoms with Crippen LogP contribution in [0.4, 0.5) is 5.69 Å². The maximum atomic E-state index is 12.1. The monoisotopic (exact) mass is 257 g/mol. The lowest BCUT2D eigenvalue weighted by Crippen LogP contribution is -2.47. The van der Waals surface area contributed by atoms with Gasteiger partial charge in [-0.1, -0.05) is 13.0 Å². The molecule has 0 aliphatic rings. The average Bonchev–Trinajstić information content (AvgIpc) is 2.42. The molecule has 0 bridgehead atoms. The number of fused-ring (bicyclic) bond motifs is 1. The molecule has 1 unspecified atom stereocenters. The van der Waals surface area contributed by atoms with Gasteiger partial charge in [0.05, 0.1) is 16.7 Å². The van der Waals surface area contributed by atoms with E-state index in [9.17, 15) is 4.79 Å². The first-order chi connectivity index (χ1) is 8.95. The highest BCUT2D eigenvalue weighted by molar-refractivity contribution is 6.04. The van der Waals surface area contributed by atoms with Crippen LogP contribution in [0.1, 0.15) is 25.8 Å². The van der Waals surface area contributed by atoms with Crippen molar-refractivity contribution < 1.29 is 4.79 Å². The zero-order chi connectivity index (χ0) is 14.0. The highest BCUT2D eigenvalue weighted by Crippen LogP contribution is 2.25. The van der Waals surface area contributed by atoms with Crippen LogP contribution in [0.15, 0.2) is 30.5 Å². The normalized spacial score (nSPS) is 14.1. The van der Waals surface area contributed by atoms with Crippen molar-refractivity contribution in [1.29, 1.82) is 0 Å². The van der Waals surface area contributed by atoms with E-state index in [0.29, 0.717) is 6.42 Å². The highest BCUT2D eigenvalue weighted by Gasteiger charge is 2.26. The summed E-state index contributed by atoms with van der Waals surface area (Å²) in [7, 11) is 0. The fourth-order valence-corrected chi connectivity index (χ4v) is 1.85. The van der Waals surface area contributed by atoms with E-state index in [1.54, 1.807) is 13.1 Å². The molecule has 1 amide bonds. The van der Waals surface area contributed by atoms with Crippen LogP contribution < -0.4 is 11.1 Å². The Morgan fingerprint density at radius 1 is 1.42 bits per heavy atom. The molecule has 4 heteroatoms. The van der Waals surface area contributed by atoms with Gasteiger partial charge in [0.15, 0.2) is 0 Å². The van der Waals surface area contributed by atoms with Gasteiger partial charge >= 0.3 is 0 Å². The first kappa shape index (κ1) is 13.5. The van der Waals surface area contributed by atoms with Gasteiger partial charge in [-0.15, -0.1) is 0 Å². The minimum absolute atomic E-state index is 0.177. The predicted molar refractivity (Wildman–Crippen MR) is 78.0 cm³/mol. The molecule has 0 fully saturated rings. The van der Waals surface area contributed by atoms with Crippen molar-refractivity contribution in [3.63, 3.8) is 0 Å². The predicted octanol–water partition coefficient (Wildman–Crippen LogP) is 2.61. The number of nitrogens with zero attached hydrogens (tertiary/aromatic N) is 1. The Balaban J connectivity index is 2.42. The SMILES string of the molecule is CCC(C)(N)C(=O)Nc1ccc(C)c2ncccc12. The fraction of sp³-hybridized carbons (Fsp3) is 0.333. The van der Waals surface area contributed by atoms with E-state index in [4.69, 9.17) is 5.73 Å². The molecule has 2 rings (SSSR count). The third kappa shape index (κ3) is 2.58. The third-order valence-corrected chi connectivity index (χ3v) is 3.47. The number of rotatable bonds is 3. The Labute approximate surface area is 113 Å². The van der Waals surface area contributed by atoms with Gasteiger partial charge in [0.25, 0.3) is 0 Å². The first-order valence-electron chi connectivity index (χ1n) is 6.40. The van der Waals surface area contributed by atoms with Crippen molar-refractivity contribution in [3.05, 3.63) is 36.0 Å². The molecule has 1 aromatic carbocycles. The lowest BCUT2D eigenvalue weighted by atomic mass is 9.99. The molecule has 100 valence electrons. The maximum absolute atomic E-state index is 12.1. The van der Waals surface area contributed by atoms with E-state index in [1.165, 1.54) is 0 Å². The second-order valence-electron chi connectivity index (χ2n) is 5.05. The highest BCUT2D eigenvalue weighted by atomic mass is 16.2. The number of pyridine rings is 1. The molecule has 0 aliphatic carbocycles. The van der Waals surface area contributed by atoms with Gasteiger partial charge in [-0.3, -0.25) is 9.78 Å². The van der Waals surface area contributed by atoms with Gasteiger partial charge in [-0.05, 0) is 44.0 Å². The van der Waals surface area contributed by atoms with E-state index in [1.807, 2.05) is 38.1 Å². The van der Waals surface area contributed by atoms with Crippen molar-refractivity contribution in [2.24, 2.45) is 5.73 Å². The molecule has 1 atom stereocenters. The van der Waals surface area contributed by atoms with E-state index >= 15 is 0 Å². The molecule has 0 saturated carbocycles. The number of benzene rings is 1. The number of amides is 1. The zero-order valence-corrected chi connectivity index (χ0v) is 11.5. The summed E-state index contributed by atoms with van der Waals surface area (Å²) >= 11 is 0. The fourth-order valence-electron chi connectivity index (χ4n) is 1.85. The Hall–Kier alpha value is -1.94. The number of hydrogen-bond donors (Lipinski definition) is 2. The van der Waals surface area contributed by atoms with Gasteiger partial charge < -0.3 is 11.1 Å². The van der Waals surface area contributed by atoms with E-state index in [-0.39, 0.29) is 5.91 Å². The van der Waals surface area contributed by atoms with Crippen LogP contribution in [0.2, 0.25) is 0 Å². The van der Waals surface area contributed by atoms with Gasteiger partial charge in [-0.2, -0.15) is 0 Å². The molecule has 4 nitrogen and oxygen atoms in total. The second-order valence-corrected chi connectivity index (χ2v) is 5.05. The van der Waals surface area contributed by atoms with Crippen LogP contribution in [0.5, 0.6) is 0 Å². The maximum Gasteiger partial charge on any atom is 0.244 e. The number of carbonyl (C=O) groups excluding carboxylic acids is 1. The van der Waals surface area contributed by atoms with Gasteiger partial charge in [-0.25, -0.2) is 0 Å². The molecule has 19 heavy (non-hydrogen) atoms. The van der Waals surface area contributed by atoms with Crippen LogP contribution in [-0.4, -0.2) is 16.4 Å². The van der Waals surface area contributed by atoms with Crippen molar-refractivity contribution >= 4 is 22.5 Å². The molecule has 1 heterocycles. The quantitative estimate of drug-likeness (QED) is 0.888. The minimum atomic E-state index is -0.862. The summed E-state index contributed by atoms with van der Waals surface area (Å²) in [6.45, 7) is 5.63. The summed E-state index contributed by atoms with van der Waals surface area (Å²) in [6.07, 6.45) is 2.33. The lowest BCUT2D eigenvalue weighted by Gasteiger charge is -2.22. The number of hydrogen-bond acceptors (Lipinski definition) is 3. The Morgan fingerprint density at radius 3 is 2.84 bits per heavy atom. The van der Waals surface area contributed by atoms with Crippen LogP contribution >= 0.6 is 0 Å². The Kier molecular flexibility index (Phi) is 3.53. The second kappa shape index (κ2) is 4.97. The Bertz CT molecular complexity index is 620. The largest absolute Gasteiger partial charge is 0.324 e. The van der Waals surface area contributed by atoms with Crippen LogP contribution in [0.3, 0.4) is 0 Å². The summed E-state index contributed by atoms with van der Waals surface area (Å²) in [5.41, 5.74) is 7.83. The molecule has 1 aromatic heterocycles. The van der Waals surface area contributed by atoms with E-state index < -0.39 is 5.54 Å². The number of nitrogens with two attached hydrogens (primary N) is 1. The molecular weight excluding hydrogens is 238 g/mol. The van der Waals surface area contributed by atoms with Gasteiger partial charge in [0.1, 0.15) is 0 Å². The molecular formula is C15H19N3O. The molecule has 3 N–H and O–H groups in total. The molecule has 0 aliphatic heterocycles. The summed E-state index contributed by atoms with van der Waals surface area (Å²) in [5, 5.41) is 3.83. The average molecular weight is 257 g/mol. The zero-order valence-electron chi connectivity index (χ0n) is 11.5. The van der Waals surface area contributed by atoms with Crippen LogP contribution in [-0.2, 0) is 4.79 Å². The number of anilines is 1. The molecule has 0 spiro atoms. The van der Waals surface area contributed by atoms with Crippen molar-refractivity contribution in [3.8, 4) is 0 Å². The van der Waals surface area contributed by atoms with Crippen molar-refractivity contribution in [2.45, 2.75) is 32.7 Å². The topological polar surface area (TPSA) is 68.0 Å². The number of aromatic nitrogens is 1. The third-order valence-electron chi connectivity index (χ3n) is 3.47. The van der Waals surface area contributed by atoms with Gasteiger partial charge in [0.2, 0.25) is 5.91 Å². The number of carbonyl (C=O) groups is 1. The number of aryl methyl sites for hydroxylation is 1. The molecule has 0 radical (unpaired) electrons. The number of nitrogens with one attached hydrogen (secondary N) is 1. The molecule has 2 aromatic rings.